The van der Waals surface area contributed by atoms with Crippen LogP contribution in [0.25, 0.3) is 11.0 Å². The third-order valence-corrected chi connectivity index (χ3v) is 9.88. The summed E-state index contributed by atoms with van der Waals surface area (Å²) < 4.78 is 97.2. The highest BCUT2D eigenvalue weighted by molar-refractivity contribution is 7.88. The van der Waals surface area contributed by atoms with Gasteiger partial charge >= 0.3 is 15.6 Å². The minimum absolute atomic E-state index is 0.0118. The second-order valence-corrected chi connectivity index (χ2v) is 17.9. The van der Waals surface area contributed by atoms with E-state index in [1.807, 2.05) is 27.7 Å². The summed E-state index contributed by atoms with van der Waals surface area (Å²) in [6.45, 7) is 18.1. The standard InChI is InChI=1S/C32H39F3O9SSi/c1-29(2,3)28(44-46(8)9)26-23(41-31(6,7)42-26)16-39-17-10-12-19-21(14-17)30(4,5)27-24(25(19)36)20-13-11-18(15-22(20)40-27)43-45(37,38)32(33,34)35/h10-15,23,26,28,46H,16H2,1-9H3/t23-,26-,28?/m1/s1. The van der Waals surface area contributed by atoms with Crippen LogP contribution in [0.4, 0.5) is 13.2 Å². The Balaban J connectivity index is 1.43. The molecule has 9 nitrogen and oxygen atoms in total. The number of alkyl halides is 3. The van der Waals surface area contributed by atoms with Crippen molar-refractivity contribution in [2.75, 3.05) is 6.61 Å². The first kappa shape index (κ1) is 34.4. The Kier molecular flexibility index (Phi) is 8.50. The molecule has 252 valence electrons. The van der Waals surface area contributed by atoms with Crippen molar-refractivity contribution in [3.8, 4) is 11.5 Å². The fourth-order valence-corrected chi connectivity index (χ4v) is 7.65. The van der Waals surface area contributed by atoms with E-state index in [2.05, 4.69) is 38.0 Å². The summed E-state index contributed by atoms with van der Waals surface area (Å²) in [7, 11) is -7.31. The number of carbonyl (C=O) groups excluding carboxylic acids is 1. The molecule has 2 aliphatic rings. The second-order valence-electron chi connectivity index (χ2n) is 14.0. The van der Waals surface area contributed by atoms with E-state index in [0.29, 0.717) is 22.3 Å². The third-order valence-electron chi connectivity index (χ3n) is 8.06. The van der Waals surface area contributed by atoms with Crippen molar-refractivity contribution in [1.29, 1.82) is 0 Å². The van der Waals surface area contributed by atoms with Crippen molar-refractivity contribution in [2.45, 2.75) is 96.6 Å². The van der Waals surface area contributed by atoms with E-state index in [1.54, 1.807) is 18.2 Å². The first-order valence-corrected chi connectivity index (χ1v) is 19.1. The normalized spacial score (nSPS) is 21.7. The molecule has 0 amide bonds. The van der Waals surface area contributed by atoms with Crippen molar-refractivity contribution < 1.29 is 53.6 Å². The van der Waals surface area contributed by atoms with E-state index in [9.17, 15) is 26.4 Å². The summed E-state index contributed by atoms with van der Waals surface area (Å²) in [4.78, 5) is 13.7. The molecule has 0 N–H and O–H groups in total. The Hall–Kier alpha value is -2.91. The van der Waals surface area contributed by atoms with Crippen LogP contribution in [0.15, 0.2) is 40.8 Å². The average molecular weight is 685 g/mol. The van der Waals surface area contributed by atoms with Gasteiger partial charge in [-0.15, -0.1) is 0 Å². The largest absolute Gasteiger partial charge is 0.534 e. The fraction of sp³-hybridized carbons (Fsp3) is 0.531. The quantitative estimate of drug-likeness (QED) is 0.143. The molecule has 1 saturated heterocycles. The Morgan fingerprint density at radius 2 is 1.63 bits per heavy atom. The highest BCUT2D eigenvalue weighted by Crippen LogP contribution is 2.47. The van der Waals surface area contributed by atoms with Gasteiger partial charge in [0.25, 0.3) is 0 Å². The van der Waals surface area contributed by atoms with Gasteiger partial charge < -0.3 is 27.2 Å². The molecule has 0 radical (unpaired) electrons. The summed E-state index contributed by atoms with van der Waals surface area (Å²) in [5.41, 5.74) is -5.40. The zero-order chi connectivity index (χ0) is 34.2. The number of halogens is 3. The summed E-state index contributed by atoms with van der Waals surface area (Å²) in [6.07, 6.45) is -1.03. The minimum atomic E-state index is -5.89. The molecule has 1 aliphatic heterocycles. The predicted octanol–water partition coefficient (Wildman–Crippen LogP) is 6.85. The fourth-order valence-electron chi connectivity index (χ4n) is 6.05. The van der Waals surface area contributed by atoms with Crippen LogP contribution in [0.5, 0.6) is 11.5 Å². The highest BCUT2D eigenvalue weighted by atomic mass is 32.2. The summed E-state index contributed by atoms with van der Waals surface area (Å²) in [6, 6.07) is 8.52. The molecule has 0 spiro atoms. The van der Waals surface area contributed by atoms with Gasteiger partial charge in [0.1, 0.15) is 41.7 Å². The SMILES string of the molecule is C[SiH](C)OC([C@@H]1OC(C)(C)O[C@@H]1COc1ccc2c(c1)C(C)(C)c1oc3cc(OS(=O)(=O)C(F)(F)F)ccc3c1C2=O)C(C)(C)C. The number of ether oxygens (including phenoxy) is 3. The number of furan rings is 1. The van der Waals surface area contributed by atoms with Crippen molar-refractivity contribution in [2.24, 2.45) is 5.41 Å². The Bertz CT molecular complexity index is 1770. The van der Waals surface area contributed by atoms with Crippen LogP contribution < -0.4 is 8.92 Å². The average Bonchev–Trinajstić information content (AvgIpc) is 3.44. The summed E-state index contributed by atoms with van der Waals surface area (Å²) in [5.74, 6) is -1.00. The molecule has 1 aromatic heterocycles. The topological polar surface area (TPSA) is 110 Å². The number of fused-ring (bicyclic) bond motifs is 4. The van der Waals surface area contributed by atoms with E-state index in [-0.39, 0.29) is 46.9 Å². The number of ketones is 1. The number of hydrogen-bond donors (Lipinski definition) is 0. The lowest BCUT2D eigenvalue weighted by Gasteiger charge is -2.38. The lowest BCUT2D eigenvalue weighted by Crippen LogP contribution is -2.48. The van der Waals surface area contributed by atoms with Gasteiger partial charge in [-0.3, -0.25) is 4.79 Å². The van der Waals surface area contributed by atoms with Gasteiger partial charge in [0, 0.05) is 22.4 Å². The predicted molar refractivity (Wildman–Crippen MR) is 166 cm³/mol. The van der Waals surface area contributed by atoms with Crippen molar-refractivity contribution >= 4 is 35.9 Å². The lowest BCUT2D eigenvalue weighted by atomic mass is 9.71. The molecule has 5 rings (SSSR count). The molecular weight excluding hydrogens is 645 g/mol. The van der Waals surface area contributed by atoms with Gasteiger partial charge in [0.2, 0.25) is 0 Å². The molecule has 3 aromatic rings. The van der Waals surface area contributed by atoms with Crippen molar-refractivity contribution in [1.82, 2.24) is 0 Å². The molecule has 2 heterocycles. The highest BCUT2D eigenvalue weighted by Gasteiger charge is 2.50. The molecule has 14 heteroatoms. The van der Waals surface area contributed by atoms with E-state index in [1.165, 1.54) is 6.07 Å². The van der Waals surface area contributed by atoms with Crippen LogP contribution in [0, 0.1) is 5.41 Å². The number of carbonyl (C=O) groups is 1. The Morgan fingerprint density at radius 1 is 0.978 bits per heavy atom. The molecule has 0 bridgehead atoms. The third kappa shape index (κ3) is 6.34. The van der Waals surface area contributed by atoms with E-state index in [4.69, 9.17) is 23.1 Å². The molecule has 1 unspecified atom stereocenters. The van der Waals surface area contributed by atoms with Crippen LogP contribution >= 0.6 is 0 Å². The first-order valence-electron chi connectivity index (χ1n) is 14.9. The molecule has 0 saturated carbocycles. The van der Waals surface area contributed by atoms with Gasteiger partial charge in [-0.2, -0.15) is 21.6 Å². The number of benzene rings is 2. The molecule has 1 aliphatic carbocycles. The van der Waals surface area contributed by atoms with Gasteiger partial charge in [-0.05, 0) is 82.1 Å². The summed E-state index contributed by atoms with van der Waals surface area (Å²) in [5, 5.41) is 0.322. The van der Waals surface area contributed by atoms with Gasteiger partial charge in [-0.1, -0.05) is 20.8 Å². The zero-order valence-electron chi connectivity index (χ0n) is 27.2. The summed E-state index contributed by atoms with van der Waals surface area (Å²) >= 11 is 0. The van der Waals surface area contributed by atoms with Crippen LogP contribution in [-0.2, 0) is 29.4 Å². The van der Waals surface area contributed by atoms with Crippen LogP contribution in [0.2, 0.25) is 13.1 Å². The van der Waals surface area contributed by atoms with Crippen LogP contribution in [0.1, 0.15) is 75.7 Å². The van der Waals surface area contributed by atoms with Gasteiger partial charge in [-0.25, -0.2) is 0 Å². The second kappa shape index (κ2) is 11.4. The van der Waals surface area contributed by atoms with Gasteiger partial charge in [0.05, 0.1) is 11.7 Å². The maximum absolute atomic E-state index is 13.7. The van der Waals surface area contributed by atoms with Crippen LogP contribution in [-0.4, -0.2) is 59.5 Å². The van der Waals surface area contributed by atoms with E-state index < -0.39 is 47.7 Å². The lowest BCUT2D eigenvalue weighted by molar-refractivity contribution is -0.160. The molecule has 1 fully saturated rings. The smallest absolute Gasteiger partial charge is 0.491 e. The van der Waals surface area contributed by atoms with Crippen LogP contribution in [0.3, 0.4) is 0 Å². The Morgan fingerprint density at radius 3 is 2.24 bits per heavy atom. The molecule has 3 atom stereocenters. The van der Waals surface area contributed by atoms with Crippen molar-refractivity contribution in [3.05, 3.63) is 58.8 Å². The minimum Gasteiger partial charge on any atom is -0.491 e. The number of hydrogen-bond acceptors (Lipinski definition) is 9. The van der Waals surface area contributed by atoms with Gasteiger partial charge in [0.15, 0.2) is 20.6 Å². The maximum atomic E-state index is 13.7. The number of rotatable bonds is 8. The monoisotopic (exact) mass is 684 g/mol. The van der Waals surface area contributed by atoms with E-state index in [0.717, 1.165) is 12.1 Å². The molecule has 46 heavy (non-hydrogen) atoms. The molecule has 2 aromatic carbocycles. The van der Waals surface area contributed by atoms with E-state index >= 15 is 0 Å². The Labute approximate surface area is 268 Å². The maximum Gasteiger partial charge on any atom is 0.534 e. The first-order chi connectivity index (χ1) is 21.0. The van der Waals surface area contributed by atoms with Crippen molar-refractivity contribution in [3.63, 3.8) is 0 Å². The molecular formula is C32H39F3O9SSi. The zero-order valence-corrected chi connectivity index (χ0v) is 29.2.